The summed E-state index contributed by atoms with van der Waals surface area (Å²) in [5.74, 6) is 1.55. The van der Waals surface area contributed by atoms with E-state index in [0.717, 1.165) is 30.3 Å². The molecule has 0 aliphatic heterocycles. The lowest BCUT2D eigenvalue weighted by Crippen LogP contribution is -2.22. The van der Waals surface area contributed by atoms with Crippen LogP contribution in [0.15, 0.2) is 42.5 Å². The predicted molar refractivity (Wildman–Crippen MR) is 86.5 cm³/mol. The van der Waals surface area contributed by atoms with Gasteiger partial charge in [-0.3, -0.25) is 0 Å². The van der Waals surface area contributed by atoms with E-state index in [1.807, 2.05) is 42.5 Å². The molecular formula is C16H17Cl2NO. The Labute approximate surface area is 129 Å². The summed E-state index contributed by atoms with van der Waals surface area (Å²) in [5.41, 5.74) is 0.998. The van der Waals surface area contributed by atoms with Gasteiger partial charge in [-0.15, -0.1) is 0 Å². The number of hydrogen-bond acceptors (Lipinski definition) is 2. The molecule has 2 rings (SSSR count). The summed E-state index contributed by atoms with van der Waals surface area (Å²) in [4.78, 5) is 2.21. The molecule has 4 heteroatoms. The highest BCUT2D eigenvalue weighted by Gasteiger charge is 2.11. The maximum Gasteiger partial charge on any atom is 0.150 e. The zero-order valence-electron chi connectivity index (χ0n) is 11.6. The average Bonchev–Trinajstić information content (AvgIpc) is 2.45. The van der Waals surface area contributed by atoms with E-state index in [9.17, 15) is 0 Å². The van der Waals surface area contributed by atoms with Crippen LogP contribution in [0.5, 0.6) is 11.5 Å². The minimum Gasteiger partial charge on any atom is -0.455 e. The molecule has 0 saturated heterocycles. The molecule has 0 atom stereocenters. The van der Waals surface area contributed by atoms with Crippen molar-refractivity contribution >= 4 is 28.9 Å². The molecule has 2 nitrogen and oxygen atoms in total. The molecule has 0 amide bonds. The number of hydrogen-bond donors (Lipinski definition) is 0. The van der Waals surface area contributed by atoms with Crippen molar-refractivity contribution in [2.75, 3.05) is 18.0 Å². The molecule has 0 bridgehead atoms. The molecule has 0 unspecified atom stereocenters. The van der Waals surface area contributed by atoms with Gasteiger partial charge in [-0.1, -0.05) is 23.2 Å². The van der Waals surface area contributed by atoms with Crippen molar-refractivity contribution in [2.45, 2.75) is 13.8 Å². The van der Waals surface area contributed by atoms with Crippen molar-refractivity contribution < 1.29 is 4.74 Å². The molecule has 0 aliphatic rings. The molecule has 0 aliphatic carbocycles. The number of rotatable bonds is 5. The second kappa shape index (κ2) is 6.87. The fourth-order valence-electron chi connectivity index (χ4n) is 2.02. The Balaban J connectivity index is 2.33. The van der Waals surface area contributed by atoms with E-state index in [0.29, 0.717) is 10.0 Å². The van der Waals surface area contributed by atoms with Crippen LogP contribution in [0.25, 0.3) is 0 Å². The van der Waals surface area contributed by atoms with E-state index in [2.05, 4.69) is 18.7 Å². The van der Waals surface area contributed by atoms with Crippen LogP contribution in [0.4, 0.5) is 5.69 Å². The largest absolute Gasteiger partial charge is 0.455 e. The lowest BCUT2D eigenvalue weighted by atomic mass is 10.2. The maximum absolute atomic E-state index is 6.10. The molecule has 2 aromatic carbocycles. The third-order valence-electron chi connectivity index (χ3n) is 3.07. The Morgan fingerprint density at radius 1 is 0.900 bits per heavy atom. The maximum atomic E-state index is 6.10. The minimum absolute atomic E-state index is 0.692. The fourth-order valence-corrected chi connectivity index (χ4v) is 2.31. The number of ether oxygens (including phenoxy) is 1. The summed E-state index contributed by atoms with van der Waals surface area (Å²) in [5, 5.41) is 1.40. The molecule has 0 N–H and O–H groups in total. The Bertz CT molecular complexity index is 565. The first kappa shape index (κ1) is 15.0. The number of anilines is 1. The van der Waals surface area contributed by atoms with Gasteiger partial charge in [0.25, 0.3) is 0 Å². The molecule has 0 radical (unpaired) electrons. The molecule has 0 saturated carbocycles. The summed E-state index contributed by atoms with van der Waals surface area (Å²) in [6.07, 6.45) is 0. The van der Waals surface area contributed by atoms with E-state index in [1.165, 1.54) is 0 Å². The first-order valence-corrected chi connectivity index (χ1v) is 7.37. The van der Waals surface area contributed by atoms with Gasteiger partial charge in [0.2, 0.25) is 0 Å². The molecular weight excluding hydrogens is 293 g/mol. The van der Waals surface area contributed by atoms with Crippen LogP contribution in [-0.4, -0.2) is 13.1 Å². The predicted octanol–water partition coefficient (Wildman–Crippen LogP) is 5.63. The van der Waals surface area contributed by atoms with Gasteiger partial charge in [-0.05, 0) is 56.3 Å². The summed E-state index contributed by atoms with van der Waals surface area (Å²) >= 11 is 12.0. The average molecular weight is 310 g/mol. The first-order chi connectivity index (χ1) is 9.63. The van der Waals surface area contributed by atoms with Crippen molar-refractivity contribution in [1.82, 2.24) is 0 Å². The zero-order chi connectivity index (χ0) is 14.5. The second-order valence-corrected chi connectivity index (χ2v) is 5.21. The van der Waals surface area contributed by atoms with Crippen LogP contribution in [0, 0.1) is 0 Å². The highest BCUT2D eigenvalue weighted by molar-refractivity contribution is 6.31. The number of nitrogens with zero attached hydrogens (tertiary/aromatic N) is 1. The molecule has 20 heavy (non-hydrogen) atoms. The van der Waals surface area contributed by atoms with Crippen LogP contribution >= 0.6 is 23.2 Å². The standard InChI is InChI=1S/C16H17Cl2NO/c1-3-19(4-2)15-11-13(18)7-10-16(15)20-14-8-5-12(17)6-9-14/h5-11H,3-4H2,1-2H3. The van der Waals surface area contributed by atoms with E-state index in [-0.39, 0.29) is 0 Å². The lowest BCUT2D eigenvalue weighted by Gasteiger charge is -2.24. The molecule has 106 valence electrons. The quantitative estimate of drug-likeness (QED) is 0.709. The third-order valence-corrected chi connectivity index (χ3v) is 3.55. The van der Waals surface area contributed by atoms with Crippen molar-refractivity contribution in [2.24, 2.45) is 0 Å². The highest BCUT2D eigenvalue weighted by atomic mass is 35.5. The molecule has 0 fully saturated rings. The summed E-state index contributed by atoms with van der Waals surface area (Å²) < 4.78 is 5.95. The smallest absolute Gasteiger partial charge is 0.150 e. The van der Waals surface area contributed by atoms with E-state index in [4.69, 9.17) is 27.9 Å². The van der Waals surface area contributed by atoms with Crippen molar-refractivity contribution in [1.29, 1.82) is 0 Å². The Kier molecular flexibility index (Phi) is 5.16. The fraction of sp³-hybridized carbons (Fsp3) is 0.250. The monoisotopic (exact) mass is 309 g/mol. The van der Waals surface area contributed by atoms with Gasteiger partial charge in [0.15, 0.2) is 5.75 Å². The van der Waals surface area contributed by atoms with Crippen LogP contribution in [0.3, 0.4) is 0 Å². The highest BCUT2D eigenvalue weighted by Crippen LogP contribution is 2.34. The lowest BCUT2D eigenvalue weighted by molar-refractivity contribution is 0.481. The second-order valence-electron chi connectivity index (χ2n) is 4.34. The van der Waals surface area contributed by atoms with Crippen molar-refractivity contribution in [3.05, 3.63) is 52.5 Å². The Hall–Kier alpha value is -1.38. The van der Waals surface area contributed by atoms with Gasteiger partial charge in [0.05, 0.1) is 5.69 Å². The number of halogens is 2. The molecule has 2 aromatic rings. The van der Waals surface area contributed by atoms with E-state index >= 15 is 0 Å². The topological polar surface area (TPSA) is 12.5 Å². The summed E-state index contributed by atoms with van der Waals surface area (Å²) in [7, 11) is 0. The van der Waals surface area contributed by atoms with Crippen LogP contribution in [0.2, 0.25) is 10.0 Å². The normalized spacial score (nSPS) is 10.4. The van der Waals surface area contributed by atoms with Gasteiger partial charge < -0.3 is 9.64 Å². The van der Waals surface area contributed by atoms with Gasteiger partial charge in [-0.2, -0.15) is 0 Å². The third kappa shape index (κ3) is 3.59. The molecule has 0 aromatic heterocycles. The SMILES string of the molecule is CCN(CC)c1cc(Cl)ccc1Oc1ccc(Cl)cc1. The Morgan fingerprint density at radius 3 is 2.10 bits per heavy atom. The zero-order valence-corrected chi connectivity index (χ0v) is 13.1. The van der Waals surface area contributed by atoms with Crippen LogP contribution < -0.4 is 9.64 Å². The van der Waals surface area contributed by atoms with Crippen LogP contribution in [-0.2, 0) is 0 Å². The van der Waals surface area contributed by atoms with E-state index < -0.39 is 0 Å². The van der Waals surface area contributed by atoms with Gasteiger partial charge in [-0.25, -0.2) is 0 Å². The minimum atomic E-state index is 0.692. The summed E-state index contributed by atoms with van der Waals surface area (Å²) in [6.45, 7) is 6.01. The van der Waals surface area contributed by atoms with Gasteiger partial charge >= 0.3 is 0 Å². The molecule has 0 spiro atoms. The van der Waals surface area contributed by atoms with Crippen molar-refractivity contribution in [3.63, 3.8) is 0 Å². The molecule has 0 heterocycles. The van der Waals surface area contributed by atoms with Gasteiger partial charge in [0.1, 0.15) is 5.75 Å². The number of benzene rings is 2. The summed E-state index contributed by atoms with van der Waals surface area (Å²) in [6, 6.07) is 13.0. The van der Waals surface area contributed by atoms with Crippen molar-refractivity contribution in [3.8, 4) is 11.5 Å². The van der Waals surface area contributed by atoms with E-state index in [1.54, 1.807) is 0 Å². The van der Waals surface area contributed by atoms with Gasteiger partial charge in [0, 0.05) is 23.1 Å². The Morgan fingerprint density at radius 2 is 1.50 bits per heavy atom. The first-order valence-electron chi connectivity index (χ1n) is 6.62. The van der Waals surface area contributed by atoms with Crippen LogP contribution in [0.1, 0.15) is 13.8 Å².